The van der Waals surface area contributed by atoms with Gasteiger partial charge in [0.25, 0.3) is 0 Å². The number of rotatable bonds is 6. The fraction of sp³-hybridized carbons (Fsp3) is 0.600. The van der Waals surface area contributed by atoms with Crippen LogP contribution in [0.1, 0.15) is 70.0 Å². The molecule has 1 rings (SSSR count). The van der Waals surface area contributed by atoms with Crippen LogP contribution in [-0.2, 0) is 9.47 Å². The number of carbonyl (C=O) groups excluding carboxylic acids is 2. The number of aliphatic hydroxyl groups is 2. The fourth-order valence-electron chi connectivity index (χ4n) is 2.17. The van der Waals surface area contributed by atoms with E-state index >= 15 is 0 Å². The Labute approximate surface area is 160 Å². The average molecular weight is 381 g/mol. The zero-order valence-electron chi connectivity index (χ0n) is 16.9. The molecule has 27 heavy (non-hydrogen) atoms. The Hall–Kier alpha value is -2.12. The lowest BCUT2D eigenvalue weighted by atomic mass is 10.0. The maximum atomic E-state index is 12.0. The first-order valence-corrected chi connectivity index (χ1v) is 8.95. The van der Waals surface area contributed by atoms with E-state index in [4.69, 9.17) is 9.47 Å². The van der Waals surface area contributed by atoms with Gasteiger partial charge < -0.3 is 25.0 Å². The van der Waals surface area contributed by atoms with Crippen LogP contribution in [0.15, 0.2) is 24.3 Å². The van der Waals surface area contributed by atoms with Crippen LogP contribution in [-0.4, -0.2) is 46.1 Å². The predicted molar refractivity (Wildman–Crippen MR) is 101 cm³/mol. The molecule has 0 spiro atoms. The lowest BCUT2D eigenvalue weighted by Crippen LogP contribution is -2.34. The summed E-state index contributed by atoms with van der Waals surface area (Å²) in [5.74, 6) is -0.453. The Morgan fingerprint density at radius 1 is 0.963 bits per heavy atom. The number of nitrogens with one attached hydrogen (secondary N) is 1. The summed E-state index contributed by atoms with van der Waals surface area (Å²) in [6, 6.07) is 6.21. The third-order valence-electron chi connectivity index (χ3n) is 3.36. The number of carbonyl (C=O) groups is 2. The van der Waals surface area contributed by atoms with Gasteiger partial charge in [0.2, 0.25) is 0 Å². The molecule has 2 unspecified atom stereocenters. The fourth-order valence-corrected chi connectivity index (χ4v) is 2.17. The van der Waals surface area contributed by atoms with E-state index in [9.17, 15) is 19.8 Å². The molecule has 0 saturated heterocycles. The van der Waals surface area contributed by atoms with Crippen molar-refractivity contribution in [2.24, 2.45) is 0 Å². The first-order valence-electron chi connectivity index (χ1n) is 8.95. The summed E-state index contributed by atoms with van der Waals surface area (Å²) in [6.45, 7) is 10.8. The maximum Gasteiger partial charge on any atom is 0.407 e. The molecule has 0 aliphatic carbocycles. The summed E-state index contributed by atoms with van der Waals surface area (Å²) in [5, 5.41) is 22.9. The van der Waals surface area contributed by atoms with Crippen LogP contribution < -0.4 is 5.32 Å². The molecule has 0 fully saturated rings. The number of alkyl carbamates (subject to hydrolysis) is 1. The number of ether oxygens (including phenoxy) is 2. The average Bonchev–Trinajstić information content (AvgIpc) is 2.50. The van der Waals surface area contributed by atoms with E-state index in [-0.39, 0.29) is 13.0 Å². The molecule has 0 aromatic heterocycles. The van der Waals surface area contributed by atoms with Gasteiger partial charge in [0.15, 0.2) is 0 Å². The third-order valence-corrected chi connectivity index (χ3v) is 3.36. The van der Waals surface area contributed by atoms with Gasteiger partial charge in [0, 0.05) is 6.54 Å². The van der Waals surface area contributed by atoms with Crippen molar-refractivity contribution < 1.29 is 29.3 Å². The molecule has 3 N–H and O–H groups in total. The van der Waals surface area contributed by atoms with E-state index < -0.39 is 35.5 Å². The summed E-state index contributed by atoms with van der Waals surface area (Å²) in [6.07, 6.45) is -2.65. The second-order valence-corrected chi connectivity index (χ2v) is 8.35. The van der Waals surface area contributed by atoms with E-state index in [0.717, 1.165) is 0 Å². The van der Waals surface area contributed by atoms with E-state index in [0.29, 0.717) is 11.1 Å². The van der Waals surface area contributed by atoms with Crippen LogP contribution in [0.25, 0.3) is 0 Å². The Bertz CT molecular complexity index is 627. The number of benzene rings is 1. The Kier molecular flexibility index (Phi) is 7.80. The van der Waals surface area contributed by atoms with Crippen LogP contribution in [0.5, 0.6) is 0 Å². The smallest absolute Gasteiger partial charge is 0.407 e. The lowest BCUT2D eigenvalue weighted by molar-refractivity contribution is 0.00683. The SMILES string of the molecule is CC(C)(C)OC(=O)NCCC(O)C(O)c1ccc(C(=O)OC(C)(C)C)cc1. The highest BCUT2D eigenvalue weighted by Crippen LogP contribution is 2.20. The molecule has 0 heterocycles. The van der Waals surface area contributed by atoms with Gasteiger partial charge in [-0.1, -0.05) is 12.1 Å². The second kappa shape index (κ2) is 9.19. The molecule has 2 atom stereocenters. The predicted octanol–water partition coefficient (Wildman–Crippen LogP) is 2.95. The minimum Gasteiger partial charge on any atom is -0.456 e. The van der Waals surface area contributed by atoms with E-state index in [1.165, 1.54) is 12.1 Å². The summed E-state index contributed by atoms with van der Waals surface area (Å²) in [5.41, 5.74) is -0.362. The van der Waals surface area contributed by atoms with Gasteiger partial charge in [-0.25, -0.2) is 9.59 Å². The molecule has 7 nitrogen and oxygen atoms in total. The third kappa shape index (κ3) is 8.88. The molecular weight excluding hydrogens is 350 g/mol. The minimum atomic E-state index is -1.14. The number of hydrogen-bond donors (Lipinski definition) is 3. The molecular formula is C20H31NO6. The van der Waals surface area contributed by atoms with Crippen molar-refractivity contribution in [3.05, 3.63) is 35.4 Å². The van der Waals surface area contributed by atoms with Crippen molar-refractivity contribution in [1.82, 2.24) is 5.32 Å². The van der Waals surface area contributed by atoms with Crippen LogP contribution >= 0.6 is 0 Å². The van der Waals surface area contributed by atoms with Gasteiger partial charge in [-0.15, -0.1) is 0 Å². The van der Waals surface area contributed by atoms with Crippen LogP contribution in [0.3, 0.4) is 0 Å². The zero-order valence-corrected chi connectivity index (χ0v) is 16.9. The maximum absolute atomic E-state index is 12.0. The van der Waals surface area contributed by atoms with Crippen molar-refractivity contribution in [2.45, 2.75) is 71.4 Å². The lowest BCUT2D eigenvalue weighted by Gasteiger charge is -2.21. The van der Waals surface area contributed by atoms with E-state index in [1.807, 2.05) is 0 Å². The highest BCUT2D eigenvalue weighted by Gasteiger charge is 2.21. The molecule has 0 bridgehead atoms. The molecule has 152 valence electrons. The van der Waals surface area contributed by atoms with Gasteiger partial charge in [-0.05, 0) is 65.7 Å². The number of hydrogen-bond acceptors (Lipinski definition) is 6. The van der Waals surface area contributed by atoms with Gasteiger partial charge in [0.05, 0.1) is 11.7 Å². The van der Waals surface area contributed by atoms with Crippen molar-refractivity contribution >= 4 is 12.1 Å². The molecule has 0 aliphatic rings. The molecule has 0 saturated carbocycles. The summed E-state index contributed by atoms with van der Waals surface area (Å²) >= 11 is 0. The van der Waals surface area contributed by atoms with Gasteiger partial charge in [-0.2, -0.15) is 0 Å². The van der Waals surface area contributed by atoms with Crippen molar-refractivity contribution in [2.75, 3.05) is 6.54 Å². The molecule has 1 amide bonds. The van der Waals surface area contributed by atoms with Crippen molar-refractivity contribution in [3.63, 3.8) is 0 Å². The first kappa shape index (κ1) is 22.9. The van der Waals surface area contributed by atoms with E-state index in [2.05, 4.69) is 5.32 Å². The Balaban J connectivity index is 2.54. The monoisotopic (exact) mass is 381 g/mol. The molecule has 0 radical (unpaired) electrons. The quantitative estimate of drug-likeness (QED) is 0.654. The standard InChI is InChI=1S/C20H31NO6/c1-19(2,3)26-17(24)14-9-7-13(8-10-14)16(23)15(22)11-12-21-18(25)27-20(4,5)6/h7-10,15-16,22-23H,11-12H2,1-6H3,(H,21,25). The zero-order chi connectivity index (χ0) is 20.8. The first-order chi connectivity index (χ1) is 12.3. The van der Waals surface area contributed by atoms with Gasteiger partial charge >= 0.3 is 12.1 Å². The molecule has 1 aromatic rings. The van der Waals surface area contributed by atoms with Crippen LogP contribution in [0, 0.1) is 0 Å². The van der Waals surface area contributed by atoms with Crippen LogP contribution in [0.4, 0.5) is 4.79 Å². The van der Waals surface area contributed by atoms with Gasteiger partial charge in [0.1, 0.15) is 17.3 Å². The number of amides is 1. The minimum absolute atomic E-state index is 0.147. The second-order valence-electron chi connectivity index (χ2n) is 8.35. The molecule has 1 aromatic carbocycles. The summed E-state index contributed by atoms with van der Waals surface area (Å²) in [4.78, 5) is 23.6. The Morgan fingerprint density at radius 2 is 1.48 bits per heavy atom. The highest BCUT2D eigenvalue weighted by molar-refractivity contribution is 5.89. The van der Waals surface area contributed by atoms with Crippen LogP contribution in [0.2, 0.25) is 0 Å². The Morgan fingerprint density at radius 3 is 1.96 bits per heavy atom. The topological polar surface area (TPSA) is 105 Å². The normalized spacial score (nSPS) is 14.2. The van der Waals surface area contributed by atoms with Crippen molar-refractivity contribution in [1.29, 1.82) is 0 Å². The number of aliphatic hydroxyl groups excluding tert-OH is 2. The summed E-state index contributed by atoms with van der Waals surface area (Å²) in [7, 11) is 0. The van der Waals surface area contributed by atoms with Gasteiger partial charge in [-0.3, -0.25) is 0 Å². The largest absolute Gasteiger partial charge is 0.456 e. The van der Waals surface area contributed by atoms with Crippen molar-refractivity contribution in [3.8, 4) is 0 Å². The highest BCUT2D eigenvalue weighted by atomic mass is 16.6. The van der Waals surface area contributed by atoms with E-state index in [1.54, 1.807) is 53.7 Å². The number of esters is 1. The summed E-state index contributed by atoms with van der Waals surface area (Å²) < 4.78 is 10.4. The molecule has 7 heteroatoms. The molecule has 0 aliphatic heterocycles.